The number of Topliss-reactive ketones (excluding diaryl/α,β-unsaturated/α-hetero) is 3. The van der Waals surface area contributed by atoms with Gasteiger partial charge < -0.3 is 19.9 Å². The van der Waals surface area contributed by atoms with Crippen LogP contribution in [0.4, 0.5) is 0 Å². The van der Waals surface area contributed by atoms with Crippen molar-refractivity contribution in [1.29, 1.82) is 0 Å². The molecule has 2 saturated heterocycles. The van der Waals surface area contributed by atoms with Crippen LogP contribution in [0.5, 0.6) is 5.75 Å². The number of carbonyl (C=O) groups is 10. The number of ether oxygens (including phenoxy) is 1. The monoisotopic (exact) mass is 889 g/mol. The summed E-state index contributed by atoms with van der Waals surface area (Å²) in [6, 6.07) is 28.2. The molecule has 7 amide bonds. The maximum Gasteiger partial charge on any atom is 0.292 e. The van der Waals surface area contributed by atoms with Crippen LogP contribution in [0.2, 0.25) is 0 Å². The van der Waals surface area contributed by atoms with Gasteiger partial charge >= 0.3 is 0 Å². The third-order valence-corrected chi connectivity index (χ3v) is 12.2. The Labute approximate surface area is 377 Å². The molecule has 3 N–H and O–H groups in total. The van der Waals surface area contributed by atoms with Gasteiger partial charge in [0, 0.05) is 61.2 Å². The van der Waals surface area contributed by atoms with Crippen molar-refractivity contribution in [2.75, 3.05) is 7.11 Å². The lowest BCUT2D eigenvalue weighted by atomic mass is 9.99. The molecule has 9 rings (SSSR count). The van der Waals surface area contributed by atoms with Crippen molar-refractivity contribution < 1.29 is 52.7 Å². The van der Waals surface area contributed by atoms with Gasteiger partial charge in [-0.2, -0.15) is 0 Å². The fraction of sp³-hybridized carbons (Fsp3) is 0.240. The summed E-state index contributed by atoms with van der Waals surface area (Å²) in [7, 11) is 1.49. The number of rotatable bonds is 12. The van der Waals surface area contributed by atoms with E-state index >= 15 is 0 Å². The molecule has 0 aliphatic carbocycles. The van der Waals surface area contributed by atoms with E-state index in [4.69, 9.17) is 4.74 Å². The molecule has 16 nitrogen and oxygen atoms in total. The number of ketones is 3. The number of amides is 7. The number of nitrogens with one attached hydrogen (secondary N) is 3. The number of carbonyl (C=O) groups excluding carboxylic acids is 10. The Bertz CT molecular complexity index is 2910. The number of nitrogens with zero attached hydrogens (tertiary/aromatic N) is 2. The highest BCUT2D eigenvalue weighted by atomic mass is 16.5. The molecule has 0 saturated carbocycles. The van der Waals surface area contributed by atoms with Crippen LogP contribution in [0.25, 0.3) is 10.8 Å². The standard InChI is InChI=1S/C26H21N3O5.C24H22N2O6/c30-22-11-10-21(24(32)28-22)29-14-20-18(6-3-7-19(20)26(29)34)13-27-25(33)23(31)17-9-8-15-4-1-2-5-16(15)12-17;1-32-17-4-2-3-15(12-17)22(29)20(27)9-6-14-5-7-18-16(11-14)13-26(24(18)31)19-8-10-21(28)25-23(19)30/h1-9,12,21H,10-11,13-14H2,(H,27,33)(H,28,30,32);2-5,7,11-12,19H,6,8-10,13H2,1H3,(H,25,28,30). The van der Waals surface area contributed by atoms with Gasteiger partial charge in [-0.25, -0.2) is 0 Å². The van der Waals surface area contributed by atoms with E-state index in [0.717, 1.165) is 21.9 Å². The quantitative estimate of drug-likeness (QED) is 0.0925. The van der Waals surface area contributed by atoms with Crippen molar-refractivity contribution in [2.24, 2.45) is 0 Å². The molecule has 4 aliphatic rings. The zero-order valence-corrected chi connectivity index (χ0v) is 35.7. The van der Waals surface area contributed by atoms with E-state index in [-0.39, 0.29) is 74.5 Å². The molecule has 5 aromatic rings. The molecule has 2 unspecified atom stereocenters. The van der Waals surface area contributed by atoms with Crippen LogP contribution in [-0.2, 0) is 54.8 Å². The van der Waals surface area contributed by atoms with Gasteiger partial charge in [0.2, 0.25) is 41.0 Å². The number of hydrogen-bond donors (Lipinski definition) is 3. The molecule has 4 heterocycles. The third kappa shape index (κ3) is 9.24. The average Bonchev–Trinajstić information content (AvgIpc) is 3.84. The summed E-state index contributed by atoms with van der Waals surface area (Å²) in [5.41, 5.74) is 4.55. The maximum atomic E-state index is 12.9. The number of piperidine rings is 2. The second-order valence-electron chi connectivity index (χ2n) is 16.3. The Balaban J connectivity index is 0.000000180. The SMILES string of the molecule is COc1cccc(C(=O)C(=O)CCc2ccc3c(c2)CN(C2CCC(=O)NC2=O)C3=O)c1.O=C1CCC(N2Cc3c(CNC(=O)C(=O)c4ccc5ccccc5c4)cccc3C2=O)C(=O)N1. The second-order valence-corrected chi connectivity index (χ2v) is 16.3. The molecule has 0 aromatic heterocycles. The van der Waals surface area contributed by atoms with Gasteiger partial charge in [0.25, 0.3) is 17.7 Å². The zero-order chi connectivity index (χ0) is 46.6. The van der Waals surface area contributed by atoms with Gasteiger partial charge in [0.1, 0.15) is 17.8 Å². The lowest BCUT2D eigenvalue weighted by molar-refractivity contribution is -0.138. The molecule has 5 aromatic carbocycles. The number of methoxy groups -OCH3 is 1. The van der Waals surface area contributed by atoms with Gasteiger partial charge in [-0.05, 0) is 82.6 Å². The first-order valence-corrected chi connectivity index (χ1v) is 21.3. The summed E-state index contributed by atoms with van der Waals surface area (Å²) in [4.78, 5) is 126. The van der Waals surface area contributed by atoms with Gasteiger partial charge in [-0.15, -0.1) is 0 Å². The number of benzene rings is 5. The van der Waals surface area contributed by atoms with Crippen LogP contribution < -0.4 is 20.7 Å². The lowest BCUT2D eigenvalue weighted by Gasteiger charge is -2.29. The van der Waals surface area contributed by atoms with Gasteiger partial charge in [-0.3, -0.25) is 58.6 Å². The first-order chi connectivity index (χ1) is 31.8. The van der Waals surface area contributed by atoms with E-state index in [0.29, 0.717) is 46.4 Å². The van der Waals surface area contributed by atoms with Gasteiger partial charge in [0.05, 0.1) is 7.11 Å². The molecule has 16 heteroatoms. The zero-order valence-electron chi connectivity index (χ0n) is 35.7. The maximum absolute atomic E-state index is 12.9. The van der Waals surface area contributed by atoms with Crippen LogP contribution in [0, 0.1) is 0 Å². The van der Waals surface area contributed by atoms with Crippen LogP contribution in [-0.4, -0.2) is 87.7 Å². The predicted octanol–water partition coefficient (Wildman–Crippen LogP) is 3.94. The van der Waals surface area contributed by atoms with Gasteiger partial charge in [-0.1, -0.05) is 72.8 Å². The summed E-state index contributed by atoms with van der Waals surface area (Å²) in [6.45, 7) is 0.536. The van der Waals surface area contributed by atoms with Crippen molar-refractivity contribution in [1.82, 2.24) is 25.8 Å². The van der Waals surface area contributed by atoms with Crippen LogP contribution in [0.15, 0.2) is 103 Å². The third-order valence-electron chi connectivity index (χ3n) is 12.2. The van der Waals surface area contributed by atoms with Gasteiger partial charge in [0.15, 0.2) is 0 Å². The minimum absolute atomic E-state index is 0.0413. The Hall–Kier alpha value is -8.14. The van der Waals surface area contributed by atoms with E-state index in [2.05, 4.69) is 16.0 Å². The first-order valence-electron chi connectivity index (χ1n) is 21.3. The summed E-state index contributed by atoms with van der Waals surface area (Å²) in [5.74, 6) is -4.07. The van der Waals surface area contributed by atoms with Crippen molar-refractivity contribution >= 4 is 69.5 Å². The number of imide groups is 2. The number of hydrogen-bond acceptors (Lipinski definition) is 11. The fourth-order valence-corrected chi connectivity index (χ4v) is 8.61. The summed E-state index contributed by atoms with van der Waals surface area (Å²) in [5, 5.41) is 9.06. The highest BCUT2D eigenvalue weighted by Gasteiger charge is 2.41. The van der Waals surface area contributed by atoms with Crippen LogP contribution >= 0.6 is 0 Å². The minimum Gasteiger partial charge on any atom is -0.497 e. The van der Waals surface area contributed by atoms with E-state index in [1.165, 1.54) is 23.0 Å². The molecule has 2 atom stereocenters. The molecular weight excluding hydrogens is 847 g/mol. The molecule has 0 bridgehead atoms. The highest BCUT2D eigenvalue weighted by molar-refractivity contribution is 6.44. The lowest BCUT2D eigenvalue weighted by Crippen LogP contribution is -2.52. The first kappa shape index (κ1) is 44.5. The molecule has 334 valence electrons. The second kappa shape index (κ2) is 18.9. The molecule has 66 heavy (non-hydrogen) atoms. The summed E-state index contributed by atoms with van der Waals surface area (Å²) < 4.78 is 5.09. The molecular formula is C50H43N5O11. The Morgan fingerprint density at radius 3 is 2.00 bits per heavy atom. The summed E-state index contributed by atoms with van der Waals surface area (Å²) in [6.07, 6.45) is 1.35. The van der Waals surface area contributed by atoms with E-state index in [1.54, 1.807) is 66.7 Å². The topological polar surface area (TPSA) is 222 Å². The van der Waals surface area contributed by atoms with Crippen LogP contribution in [0.1, 0.15) is 95.8 Å². The van der Waals surface area contributed by atoms with Crippen molar-refractivity contribution in [3.63, 3.8) is 0 Å². The molecule has 0 radical (unpaired) electrons. The largest absolute Gasteiger partial charge is 0.497 e. The van der Waals surface area contributed by atoms with E-state index in [1.807, 2.05) is 30.3 Å². The van der Waals surface area contributed by atoms with Crippen molar-refractivity contribution in [3.8, 4) is 5.75 Å². The normalized spacial score (nSPS) is 17.6. The summed E-state index contributed by atoms with van der Waals surface area (Å²) >= 11 is 0. The highest BCUT2D eigenvalue weighted by Crippen LogP contribution is 2.31. The molecule has 2 fully saturated rings. The smallest absolute Gasteiger partial charge is 0.292 e. The Kier molecular flexibility index (Phi) is 12.7. The molecule has 0 spiro atoms. The number of aryl methyl sites for hydroxylation is 1. The average molecular weight is 890 g/mol. The van der Waals surface area contributed by atoms with Crippen LogP contribution in [0.3, 0.4) is 0 Å². The fourth-order valence-electron chi connectivity index (χ4n) is 8.61. The Morgan fingerprint density at radius 1 is 0.652 bits per heavy atom. The Morgan fingerprint density at radius 2 is 1.30 bits per heavy atom. The van der Waals surface area contributed by atoms with E-state index in [9.17, 15) is 47.9 Å². The molecule has 4 aliphatic heterocycles. The minimum atomic E-state index is -0.737. The number of fused-ring (bicyclic) bond motifs is 3. The predicted molar refractivity (Wildman–Crippen MR) is 236 cm³/mol. The van der Waals surface area contributed by atoms with Crippen molar-refractivity contribution in [3.05, 3.63) is 148 Å². The van der Waals surface area contributed by atoms with Crippen molar-refractivity contribution in [2.45, 2.75) is 70.2 Å². The van der Waals surface area contributed by atoms with E-state index < -0.39 is 47.2 Å².